The molecule has 0 bridgehead atoms. The van der Waals surface area contributed by atoms with E-state index in [1.54, 1.807) is 37.9 Å². The second-order valence-electron chi connectivity index (χ2n) is 0.971. The van der Waals surface area contributed by atoms with Crippen molar-refractivity contribution in [2.24, 2.45) is 0 Å². The molecule has 0 N–H and O–H groups in total. The molecule has 4 unspecified atom stereocenters. The molecule has 0 aliphatic carbocycles. The molecule has 0 radical (unpaired) electrons. The van der Waals surface area contributed by atoms with E-state index in [0.717, 1.165) is 0 Å². The molecule has 10 heteroatoms. The Morgan fingerprint density at radius 2 is 0.833 bits per heavy atom. The first-order valence-electron chi connectivity index (χ1n) is 2.17. The summed E-state index contributed by atoms with van der Waals surface area (Å²) in [5.74, 6) is 0. The van der Waals surface area contributed by atoms with Crippen LogP contribution in [0.1, 0.15) is 0 Å². The van der Waals surface area contributed by atoms with Gasteiger partial charge in [-0.25, -0.2) is 9.59 Å². The summed E-state index contributed by atoms with van der Waals surface area (Å²) in [6.07, 6.45) is -1.46. The topological polar surface area (TPSA) is 71.1 Å². The minimum atomic E-state index is -0.731. The van der Waals surface area contributed by atoms with E-state index in [4.69, 9.17) is 0 Å². The maximum Gasteiger partial charge on any atom is 0.512 e. The van der Waals surface area contributed by atoms with Crippen LogP contribution in [0.3, 0.4) is 0 Å². The Morgan fingerprint density at radius 3 is 0.833 bits per heavy atom. The van der Waals surface area contributed by atoms with Gasteiger partial charge in [0.05, 0.1) is 37.9 Å². The third-order valence-corrected chi connectivity index (χ3v) is 1.15. The van der Waals surface area contributed by atoms with E-state index < -0.39 is 12.3 Å². The Kier molecular flexibility index (Phi) is 13.9. The molecule has 0 saturated heterocycles. The molecule has 0 rings (SSSR count). The second-order valence-corrected chi connectivity index (χ2v) is 1.91. The zero-order valence-electron chi connectivity index (χ0n) is 5.76. The van der Waals surface area contributed by atoms with Crippen LogP contribution in [-0.4, -0.2) is 12.3 Å². The van der Waals surface area contributed by atoms with Crippen molar-refractivity contribution in [2.75, 3.05) is 0 Å². The number of hydrogen-bond acceptors (Lipinski definition) is 6. The van der Waals surface area contributed by atoms with Crippen LogP contribution in [0.4, 0.5) is 9.59 Å². The van der Waals surface area contributed by atoms with Gasteiger partial charge in [-0.05, 0) is 0 Å². The fraction of sp³-hybridized carbons (Fsp3) is 0. The Bertz CT molecular complexity index is 110. The van der Waals surface area contributed by atoms with Gasteiger partial charge in [0.15, 0.2) is 0 Å². The van der Waals surface area contributed by atoms with Gasteiger partial charge >= 0.3 is 12.3 Å². The Labute approximate surface area is 78.6 Å². The zero-order valence-corrected chi connectivity index (χ0v) is 10.4. The zero-order chi connectivity index (χ0) is 9.98. The lowest BCUT2D eigenvalue weighted by atomic mass is 11.5. The van der Waals surface area contributed by atoms with E-state index in [2.05, 4.69) is 18.1 Å². The van der Waals surface area contributed by atoms with Crippen molar-refractivity contribution in [2.45, 2.75) is 0 Å². The summed E-state index contributed by atoms with van der Waals surface area (Å²) < 4.78 is 15.7. The van der Waals surface area contributed by atoms with E-state index in [9.17, 15) is 9.59 Å². The smallest absolute Gasteiger partial charge is 0.420 e. The number of carbonyl (C=O) groups is 2. The van der Waals surface area contributed by atoms with Crippen LogP contribution in [0, 0.1) is 0 Å². The van der Waals surface area contributed by atoms with Crippen molar-refractivity contribution in [3.8, 4) is 0 Å². The normalized spacial score (nSPS) is 7.00. The van der Waals surface area contributed by atoms with E-state index in [-0.39, 0.29) is 0 Å². The molecule has 6 nitrogen and oxygen atoms in total. The third kappa shape index (κ3) is 12.9. The summed E-state index contributed by atoms with van der Waals surface area (Å²) in [7, 11) is 7.00. The van der Waals surface area contributed by atoms with E-state index in [0.29, 0.717) is 0 Å². The quantitative estimate of drug-likeness (QED) is 0.607. The fourth-order valence-electron chi connectivity index (χ4n) is 0.0556. The summed E-state index contributed by atoms with van der Waals surface area (Å²) in [6.45, 7) is 0. The van der Waals surface area contributed by atoms with Crippen molar-refractivity contribution in [1.82, 2.24) is 0 Å². The monoisotopic (exact) mass is 252 g/mol. The van der Waals surface area contributed by atoms with Gasteiger partial charge in [0.25, 0.3) is 0 Å². The first kappa shape index (κ1) is 14.8. The predicted octanol–water partition coefficient (Wildman–Crippen LogP) is 1.44. The number of hydrogen-bond donors (Lipinski definition) is 0. The standard InChI is InChI=1S/2CH4O3P2/c2*2-1(3-5)4-6/h2*5-6H2. The predicted molar refractivity (Wildman–Crippen MR) is 54.0 cm³/mol. The van der Waals surface area contributed by atoms with Gasteiger partial charge in [-0.3, -0.25) is 0 Å². The number of rotatable bonds is 0. The minimum Gasteiger partial charge on any atom is -0.420 e. The maximum atomic E-state index is 9.69. The van der Waals surface area contributed by atoms with Crippen molar-refractivity contribution >= 4 is 50.2 Å². The Morgan fingerprint density at radius 1 is 0.667 bits per heavy atom. The van der Waals surface area contributed by atoms with Crippen LogP contribution in [0.15, 0.2) is 0 Å². The molecule has 0 fully saturated rings. The Balaban J connectivity index is 0. The highest BCUT2D eigenvalue weighted by molar-refractivity contribution is 7.12. The highest BCUT2D eigenvalue weighted by Gasteiger charge is 1.90. The highest BCUT2D eigenvalue weighted by atomic mass is 31.0. The Hall–Kier alpha value is 0.260. The van der Waals surface area contributed by atoms with Crippen molar-refractivity contribution in [3.63, 3.8) is 0 Å². The van der Waals surface area contributed by atoms with Crippen LogP contribution in [0.5, 0.6) is 0 Å². The largest absolute Gasteiger partial charge is 0.512 e. The van der Waals surface area contributed by atoms with Gasteiger partial charge < -0.3 is 18.1 Å². The molecule has 0 aromatic heterocycles. The molecule has 0 spiro atoms. The fourth-order valence-corrected chi connectivity index (χ4v) is 0.500. The molecule has 0 aliphatic rings. The molecule has 0 saturated carbocycles. The molecule has 72 valence electrons. The third-order valence-electron chi connectivity index (χ3n) is 0.385. The van der Waals surface area contributed by atoms with Crippen LogP contribution in [-0.2, 0) is 18.1 Å². The molecular weight excluding hydrogens is 244 g/mol. The van der Waals surface area contributed by atoms with E-state index >= 15 is 0 Å². The lowest BCUT2D eigenvalue weighted by Gasteiger charge is -1.88. The van der Waals surface area contributed by atoms with Crippen LogP contribution < -0.4 is 0 Å². The van der Waals surface area contributed by atoms with Crippen LogP contribution in [0.2, 0.25) is 0 Å². The van der Waals surface area contributed by atoms with Gasteiger partial charge in [-0.2, -0.15) is 0 Å². The minimum absolute atomic E-state index is 0.731. The molecule has 4 atom stereocenters. The van der Waals surface area contributed by atoms with Gasteiger partial charge in [-0.1, -0.05) is 0 Å². The molecule has 0 aliphatic heterocycles. The van der Waals surface area contributed by atoms with Crippen LogP contribution in [0.25, 0.3) is 0 Å². The molecule has 0 aromatic carbocycles. The van der Waals surface area contributed by atoms with Crippen LogP contribution >= 0.6 is 37.9 Å². The lowest BCUT2D eigenvalue weighted by Crippen LogP contribution is -1.88. The molecule has 0 aromatic rings. The highest BCUT2D eigenvalue weighted by Crippen LogP contribution is 1.94. The summed E-state index contributed by atoms with van der Waals surface area (Å²) >= 11 is 0. The summed E-state index contributed by atoms with van der Waals surface area (Å²) in [5, 5.41) is 0. The SMILES string of the molecule is O=C(OP)OP.O=C(OP)OP. The second kappa shape index (κ2) is 11.3. The molecule has 12 heavy (non-hydrogen) atoms. The summed E-state index contributed by atoms with van der Waals surface area (Å²) in [6, 6.07) is 0. The first-order valence-corrected chi connectivity index (χ1v) is 4.05. The molecule has 0 amide bonds. The van der Waals surface area contributed by atoms with E-state index in [1.165, 1.54) is 0 Å². The van der Waals surface area contributed by atoms with Gasteiger partial charge in [0.1, 0.15) is 0 Å². The van der Waals surface area contributed by atoms with Gasteiger partial charge in [-0.15, -0.1) is 0 Å². The number of carbonyl (C=O) groups excluding carboxylic acids is 2. The summed E-state index contributed by atoms with van der Waals surface area (Å²) in [4.78, 5) is 19.4. The van der Waals surface area contributed by atoms with Crippen molar-refractivity contribution in [1.29, 1.82) is 0 Å². The van der Waals surface area contributed by atoms with Gasteiger partial charge in [0, 0.05) is 0 Å². The van der Waals surface area contributed by atoms with E-state index in [1.807, 2.05) is 0 Å². The van der Waals surface area contributed by atoms with Crippen molar-refractivity contribution in [3.05, 3.63) is 0 Å². The van der Waals surface area contributed by atoms with Gasteiger partial charge in [0.2, 0.25) is 0 Å². The average molecular weight is 252 g/mol. The lowest BCUT2D eigenvalue weighted by molar-refractivity contribution is 0.166. The average Bonchev–Trinajstić information content (AvgIpc) is 2.16. The molecule has 0 heterocycles. The first-order chi connectivity index (χ1) is 5.62. The molecular formula is C2H8O6P4. The summed E-state index contributed by atoms with van der Waals surface area (Å²) in [5.41, 5.74) is 0. The maximum absolute atomic E-state index is 9.69. The van der Waals surface area contributed by atoms with Crippen molar-refractivity contribution < 1.29 is 27.7 Å².